The van der Waals surface area contributed by atoms with E-state index >= 15 is 0 Å². The van der Waals surface area contributed by atoms with Crippen molar-refractivity contribution in [2.75, 3.05) is 12.8 Å². The molecule has 20 heavy (non-hydrogen) atoms. The highest BCUT2D eigenvalue weighted by Crippen LogP contribution is 2.28. The molecule has 0 saturated carbocycles. The molecule has 0 aliphatic heterocycles. The number of nitrogens with two attached hydrogens (primary N) is 1. The predicted octanol–water partition coefficient (Wildman–Crippen LogP) is 2.41. The summed E-state index contributed by atoms with van der Waals surface area (Å²) in [6.45, 7) is 0. The van der Waals surface area contributed by atoms with Gasteiger partial charge in [-0.2, -0.15) is 4.98 Å². The van der Waals surface area contributed by atoms with Gasteiger partial charge >= 0.3 is 0 Å². The van der Waals surface area contributed by atoms with E-state index in [-0.39, 0.29) is 0 Å². The number of fused-ring (bicyclic) bond motifs is 1. The lowest BCUT2D eigenvalue weighted by atomic mass is 10.3. The van der Waals surface area contributed by atoms with Gasteiger partial charge in [0.25, 0.3) is 0 Å². The maximum Gasteiger partial charge on any atom is 0.221 e. The number of rotatable bonds is 3. The van der Waals surface area contributed by atoms with Gasteiger partial charge in [0.1, 0.15) is 17.0 Å². The van der Waals surface area contributed by atoms with Crippen LogP contribution in [0.1, 0.15) is 0 Å². The molecule has 100 valence electrons. The van der Waals surface area contributed by atoms with Crippen molar-refractivity contribution < 1.29 is 9.47 Å². The molecule has 6 heteroatoms. The quantitative estimate of drug-likeness (QED) is 0.734. The molecule has 3 rings (SSSR count). The minimum atomic E-state index is 0.433. The maximum absolute atomic E-state index is 5.83. The minimum Gasteiger partial charge on any atom is -0.495 e. The topological polar surface area (TPSA) is 83.2 Å². The Hall–Kier alpha value is -2.89. The van der Waals surface area contributed by atoms with Crippen molar-refractivity contribution in [3.63, 3.8) is 0 Å². The van der Waals surface area contributed by atoms with Gasteiger partial charge in [0.05, 0.1) is 12.8 Å². The van der Waals surface area contributed by atoms with E-state index in [1.807, 2.05) is 0 Å². The van der Waals surface area contributed by atoms with Crippen molar-refractivity contribution in [3.05, 3.63) is 42.7 Å². The number of hydrogen-bond donors (Lipinski definition) is 1. The predicted molar refractivity (Wildman–Crippen MR) is 74.8 cm³/mol. The first-order valence-electron chi connectivity index (χ1n) is 5.95. The van der Waals surface area contributed by atoms with Crippen molar-refractivity contribution >= 4 is 16.9 Å². The van der Waals surface area contributed by atoms with Crippen LogP contribution in [0.3, 0.4) is 0 Å². The van der Waals surface area contributed by atoms with E-state index in [2.05, 4.69) is 15.0 Å². The summed E-state index contributed by atoms with van der Waals surface area (Å²) >= 11 is 0. The van der Waals surface area contributed by atoms with Crippen LogP contribution in [0, 0.1) is 0 Å². The molecule has 2 N–H and O–H groups in total. The van der Waals surface area contributed by atoms with Crippen LogP contribution in [0.4, 0.5) is 5.69 Å². The zero-order chi connectivity index (χ0) is 13.9. The maximum atomic E-state index is 5.83. The van der Waals surface area contributed by atoms with Gasteiger partial charge in [0, 0.05) is 24.5 Å². The SMILES string of the molecule is COc1ccc(Oc2ccc3nccnc3n2)cc1N. The molecule has 0 bridgehead atoms. The standard InChI is InChI=1S/C14H12N4O2/c1-19-12-4-2-9(8-10(12)15)20-13-5-3-11-14(18-13)17-7-6-16-11/h2-8H,15H2,1H3. The normalized spacial score (nSPS) is 10.4. The number of hydrogen-bond acceptors (Lipinski definition) is 6. The molecular weight excluding hydrogens is 256 g/mol. The third kappa shape index (κ3) is 2.31. The molecule has 0 aliphatic carbocycles. The van der Waals surface area contributed by atoms with Gasteiger partial charge in [-0.25, -0.2) is 4.98 Å². The average Bonchev–Trinajstić information content (AvgIpc) is 2.47. The van der Waals surface area contributed by atoms with Gasteiger partial charge in [-0.1, -0.05) is 0 Å². The molecule has 0 fully saturated rings. The van der Waals surface area contributed by atoms with Gasteiger partial charge in [0.15, 0.2) is 5.65 Å². The van der Waals surface area contributed by atoms with Gasteiger partial charge < -0.3 is 15.2 Å². The van der Waals surface area contributed by atoms with Crippen LogP contribution in [-0.2, 0) is 0 Å². The molecule has 0 aliphatic rings. The fraction of sp³-hybridized carbons (Fsp3) is 0.0714. The van der Waals surface area contributed by atoms with E-state index in [4.69, 9.17) is 15.2 Å². The molecule has 3 aromatic rings. The second-order valence-corrected chi connectivity index (χ2v) is 4.05. The van der Waals surface area contributed by atoms with Crippen LogP contribution in [0.15, 0.2) is 42.7 Å². The van der Waals surface area contributed by atoms with E-state index in [1.54, 1.807) is 49.8 Å². The van der Waals surface area contributed by atoms with Crippen LogP contribution < -0.4 is 15.2 Å². The smallest absolute Gasteiger partial charge is 0.221 e. The van der Waals surface area contributed by atoms with Crippen LogP contribution in [-0.4, -0.2) is 22.1 Å². The molecule has 0 saturated heterocycles. The van der Waals surface area contributed by atoms with Crippen molar-refractivity contribution in [3.8, 4) is 17.4 Å². The Kier molecular flexibility index (Phi) is 3.04. The third-order valence-corrected chi connectivity index (χ3v) is 2.73. The second kappa shape index (κ2) is 5.00. The zero-order valence-electron chi connectivity index (χ0n) is 10.8. The van der Waals surface area contributed by atoms with Crippen LogP contribution in [0.2, 0.25) is 0 Å². The molecule has 0 unspecified atom stereocenters. The first kappa shape index (κ1) is 12.2. The molecule has 6 nitrogen and oxygen atoms in total. The van der Waals surface area contributed by atoms with E-state index in [0.29, 0.717) is 34.2 Å². The summed E-state index contributed by atoms with van der Waals surface area (Å²) in [6, 6.07) is 8.72. The minimum absolute atomic E-state index is 0.433. The van der Waals surface area contributed by atoms with E-state index in [0.717, 1.165) is 0 Å². The van der Waals surface area contributed by atoms with Gasteiger partial charge in [-0.15, -0.1) is 0 Å². The van der Waals surface area contributed by atoms with Crippen LogP contribution in [0.25, 0.3) is 11.2 Å². The molecule has 2 aromatic heterocycles. The third-order valence-electron chi connectivity index (χ3n) is 2.73. The Bertz CT molecular complexity index is 761. The summed E-state index contributed by atoms with van der Waals surface area (Å²) in [7, 11) is 1.57. The van der Waals surface area contributed by atoms with Gasteiger partial charge in [0.2, 0.25) is 5.88 Å². The number of benzene rings is 1. The average molecular weight is 268 g/mol. The number of pyridine rings is 1. The zero-order valence-corrected chi connectivity index (χ0v) is 10.8. The number of anilines is 1. The molecule has 1 aromatic carbocycles. The van der Waals surface area contributed by atoms with E-state index < -0.39 is 0 Å². The first-order chi connectivity index (χ1) is 9.76. The van der Waals surface area contributed by atoms with Crippen molar-refractivity contribution in [2.24, 2.45) is 0 Å². The fourth-order valence-corrected chi connectivity index (χ4v) is 1.79. The Morgan fingerprint density at radius 1 is 1.05 bits per heavy atom. The molecule has 0 spiro atoms. The van der Waals surface area contributed by atoms with Crippen molar-refractivity contribution in [1.29, 1.82) is 0 Å². The summed E-state index contributed by atoms with van der Waals surface area (Å²) in [5.74, 6) is 1.62. The number of nitrogen functional groups attached to an aromatic ring is 1. The number of ether oxygens (including phenoxy) is 2. The van der Waals surface area contributed by atoms with Crippen LogP contribution >= 0.6 is 0 Å². The Balaban J connectivity index is 1.90. The monoisotopic (exact) mass is 268 g/mol. The van der Waals surface area contributed by atoms with Crippen molar-refractivity contribution in [2.45, 2.75) is 0 Å². The molecular formula is C14H12N4O2. The highest BCUT2D eigenvalue weighted by atomic mass is 16.5. The fourth-order valence-electron chi connectivity index (χ4n) is 1.79. The van der Waals surface area contributed by atoms with E-state index in [1.165, 1.54) is 0 Å². The Labute approximate surface area is 115 Å². The molecule has 2 heterocycles. The number of methoxy groups -OCH3 is 1. The van der Waals surface area contributed by atoms with Gasteiger partial charge in [-0.05, 0) is 18.2 Å². The Morgan fingerprint density at radius 3 is 2.70 bits per heavy atom. The number of nitrogens with zero attached hydrogens (tertiary/aromatic N) is 3. The summed E-state index contributed by atoms with van der Waals surface area (Å²) in [6.07, 6.45) is 3.21. The van der Waals surface area contributed by atoms with E-state index in [9.17, 15) is 0 Å². The molecule has 0 atom stereocenters. The summed E-state index contributed by atoms with van der Waals surface area (Å²) in [5, 5.41) is 0. The lowest BCUT2D eigenvalue weighted by Crippen LogP contribution is -1.94. The second-order valence-electron chi connectivity index (χ2n) is 4.05. The summed E-state index contributed by atoms with van der Waals surface area (Å²) < 4.78 is 10.7. The van der Waals surface area contributed by atoms with Crippen molar-refractivity contribution in [1.82, 2.24) is 15.0 Å². The molecule has 0 radical (unpaired) electrons. The molecule has 0 amide bonds. The highest BCUT2D eigenvalue weighted by Gasteiger charge is 2.05. The number of aromatic nitrogens is 3. The largest absolute Gasteiger partial charge is 0.495 e. The van der Waals surface area contributed by atoms with Gasteiger partial charge in [-0.3, -0.25) is 4.98 Å². The lowest BCUT2D eigenvalue weighted by molar-refractivity contribution is 0.414. The highest BCUT2D eigenvalue weighted by molar-refractivity contribution is 5.69. The Morgan fingerprint density at radius 2 is 1.90 bits per heavy atom. The lowest BCUT2D eigenvalue weighted by Gasteiger charge is -2.08. The first-order valence-corrected chi connectivity index (χ1v) is 5.95. The summed E-state index contributed by atoms with van der Waals surface area (Å²) in [5.41, 5.74) is 7.58. The summed E-state index contributed by atoms with van der Waals surface area (Å²) in [4.78, 5) is 12.6. The van der Waals surface area contributed by atoms with Crippen LogP contribution in [0.5, 0.6) is 17.4 Å².